The Bertz CT molecular complexity index is 547. The van der Waals surface area contributed by atoms with Crippen molar-refractivity contribution in [2.45, 2.75) is 6.04 Å². The van der Waals surface area contributed by atoms with E-state index in [1.807, 2.05) is 4.90 Å². The van der Waals surface area contributed by atoms with Crippen molar-refractivity contribution in [2.24, 2.45) is 10.7 Å². The van der Waals surface area contributed by atoms with Crippen LogP contribution >= 0.6 is 15.9 Å². The number of morpholine rings is 1. The molecule has 2 heterocycles. The Morgan fingerprint density at radius 1 is 1.40 bits per heavy atom. The topological polar surface area (TPSA) is 60.1 Å². The largest absolute Gasteiger partial charge is 0.491 e. The standard InChI is InChI=1S/C13H15BrFN3O2/c14-9-5-8-11(7-20-12(8)6-10(9)15)17-13(16)18-1-3-19-4-2-18/h5-6,11H,1-4,7H2,(H2,16,17). The lowest BCUT2D eigenvalue weighted by Crippen LogP contribution is -2.45. The molecule has 7 heteroatoms. The first-order chi connectivity index (χ1) is 9.65. The van der Waals surface area contributed by atoms with Gasteiger partial charge in [0.05, 0.1) is 17.7 Å². The van der Waals surface area contributed by atoms with E-state index < -0.39 is 0 Å². The van der Waals surface area contributed by atoms with Gasteiger partial charge in [-0.15, -0.1) is 0 Å². The van der Waals surface area contributed by atoms with Crippen LogP contribution in [0.15, 0.2) is 21.6 Å². The summed E-state index contributed by atoms with van der Waals surface area (Å²) >= 11 is 3.18. The third-order valence-corrected chi connectivity index (χ3v) is 4.04. The van der Waals surface area contributed by atoms with Gasteiger partial charge in [-0.25, -0.2) is 9.38 Å². The summed E-state index contributed by atoms with van der Waals surface area (Å²) in [6, 6.07) is 2.89. The molecule has 2 N–H and O–H groups in total. The summed E-state index contributed by atoms with van der Waals surface area (Å²) in [7, 11) is 0. The second-order valence-electron chi connectivity index (χ2n) is 4.72. The van der Waals surface area contributed by atoms with Crippen LogP contribution in [0.4, 0.5) is 4.39 Å². The van der Waals surface area contributed by atoms with E-state index >= 15 is 0 Å². The van der Waals surface area contributed by atoms with Crippen LogP contribution in [0.1, 0.15) is 11.6 Å². The van der Waals surface area contributed by atoms with Gasteiger partial charge in [-0.05, 0) is 22.0 Å². The minimum atomic E-state index is -0.338. The maximum Gasteiger partial charge on any atom is 0.192 e. The van der Waals surface area contributed by atoms with Gasteiger partial charge in [-0.2, -0.15) is 0 Å². The van der Waals surface area contributed by atoms with E-state index in [4.69, 9.17) is 15.2 Å². The number of benzene rings is 1. The SMILES string of the molecule is NC(=NC1COc2cc(F)c(Br)cc21)N1CCOCC1. The van der Waals surface area contributed by atoms with Gasteiger partial charge in [0.2, 0.25) is 0 Å². The number of hydrogen-bond acceptors (Lipinski definition) is 3. The van der Waals surface area contributed by atoms with Crippen LogP contribution in [-0.2, 0) is 4.74 Å². The second kappa shape index (κ2) is 5.57. The predicted molar refractivity (Wildman–Crippen MR) is 76.4 cm³/mol. The van der Waals surface area contributed by atoms with Crippen LogP contribution in [0.3, 0.4) is 0 Å². The first-order valence-corrected chi connectivity index (χ1v) is 7.22. The molecule has 2 aliphatic rings. The zero-order valence-electron chi connectivity index (χ0n) is 10.8. The van der Waals surface area contributed by atoms with Crippen LogP contribution < -0.4 is 10.5 Å². The van der Waals surface area contributed by atoms with Gasteiger partial charge in [-0.1, -0.05) is 0 Å². The van der Waals surface area contributed by atoms with Crippen LogP contribution in [0, 0.1) is 5.82 Å². The highest BCUT2D eigenvalue weighted by molar-refractivity contribution is 9.10. The van der Waals surface area contributed by atoms with Crippen molar-refractivity contribution >= 4 is 21.9 Å². The van der Waals surface area contributed by atoms with E-state index in [1.165, 1.54) is 6.07 Å². The number of fused-ring (bicyclic) bond motifs is 1. The average molecular weight is 344 g/mol. The smallest absolute Gasteiger partial charge is 0.192 e. The molecule has 0 saturated carbocycles. The first-order valence-electron chi connectivity index (χ1n) is 6.43. The molecule has 5 nitrogen and oxygen atoms in total. The number of guanidine groups is 1. The van der Waals surface area contributed by atoms with Crippen molar-refractivity contribution < 1.29 is 13.9 Å². The second-order valence-corrected chi connectivity index (χ2v) is 5.57. The van der Waals surface area contributed by atoms with Gasteiger partial charge in [-0.3, -0.25) is 0 Å². The molecular formula is C13H15BrFN3O2. The molecule has 20 heavy (non-hydrogen) atoms. The molecule has 0 aliphatic carbocycles. The Labute approximate surface area is 124 Å². The molecule has 3 rings (SSSR count). The molecule has 0 spiro atoms. The van der Waals surface area contributed by atoms with E-state index in [1.54, 1.807) is 6.07 Å². The molecule has 1 unspecified atom stereocenters. The fraction of sp³-hybridized carbons (Fsp3) is 0.462. The van der Waals surface area contributed by atoms with Gasteiger partial charge in [0.1, 0.15) is 24.2 Å². The molecule has 1 fully saturated rings. The molecule has 2 aliphatic heterocycles. The van der Waals surface area contributed by atoms with Crippen LogP contribution in [0.2, 0.25) is 0 Å². The van der Waals surface area contributed by atoms with Gasteiger partial charge in [0.25, 0.3) is 0 Å². The zero-order valence-corrected chi connectivity index (χ0v) is 12.4. The van der Waals surface area contributed by atoms with Crippen molar-refractivity contribution in [3.63, 3.8) is 0 Å². The summed E-state index contributed by atoms with van der Waals surface area (Å²) in [5.74, 6) is 0.680. The summed E-state index contributed by atoms with van der Waals surface area (Å²) < 4.78 is 24.6. The summed E-state index contributed by atoms with van der Waals surface area (Å²) in [5.41, 5.74) is 6.89. The number of rotatable bonds is 1. The van der Waals surface area contributed by atoms with Crippen LogP contribution in [-0.4, -0.2) is 43.8 Å². The maximum atomic E-state index is 13.4. The summed E-state index contributed by atoms with van der Waals surface area (Å²) in [6.45, 7) is 3.18. The monoisotopic (exact) mass is 343 g/mol. The fourth-order valence-electron chi connectivity index (χ4n) is 2.33. The molecule has 0 bridgehead atoms. The molecule has 0 radical (unpaired) electrons. The summed E-state index contributed by atoms with van der Waals surface area (Å²) in [4.78, 5) is 6.49. The molecule has 0 aromatic heterocycles. The molecule has 1 aromatic rings. The van der Waals surface area contributed by atoms with Crippen molar-refractivity contribution in [3.8, 4) is 5.75 Å². The highest BCUT2D eigenvalue weighted by atomic mass is 79.9. The summed E-state index contributed by atoms with van der Waals surface area (Å²) in [5, 5.41) is 0. The number of nitrogens with two attached hydrogens (primary N) is 1. The lowest BCUT2D eigenvalue weighted by Gasteiger charge is -2.28. The Morgan fingerprint density at radius 2 is 2.15 bits per heavy atom. The van der Waals surface area contributed by atoms with Crippen molar-refractivity contribution in [2.75, 3.05) is 32.9 Å². The molecule has 1 aromatic carbocycles. The van der Waals surface area contributed by atoms with E-state index in [-0.39, 0.29) is 11.9 Å². The fourth-order valence-corrected chi connectivity index (χ4v) is 2.69. The highest BCUT2D eigenvalue weighted by Crippen LogP contribution is 2.37. The number of halogens is 2. The lowest BCUT2D eigenvalue weighted by molar-refractivity contribution is 0.0673. The van der Waals surface area contributed by atoms with Gasteiger partial charge < -0.3 is 20.1 Å². The Balaban J connectivity index is 1.82. The third-order valence-electron chi connectivity index (χ3n) is 3.43. The lowest BCUT2D eigenvalue weighted by atomic mass is 10.1. The molecule has 1 saturated heterocycles. The van der Waals surface area contributed by atoms with E-state index in [2.05, 4.69) is 20.9 Å². The van der Waals surface area contributed by atoms with Crippen molar-refractivity contribution in [1.82, 2.24) is 4.90 Å². The molecule has 0 amide bonds. The zero-order chi connectivity index (χ0) is 14.1. The van der Waals surface area contributed by atoms with Gasteiger partial charge in [0, 0.05) is 24.7 Å². The van der Waals surface area contributed by atoms with E-state index in [0.29, 0.717) is 36.0 Å². The number of hydrogen-bond donors (Lipinski definition) is 1. The Kier molecular flexibility index (Phi) is 3.80. The predicted octanol–water partition coefficient (Wildman–Crippen LogP) is 1.67. The van der Waals surface area contributed by atoms with Crippen LogP contribution in [0.5, 0.6) is 5.75 Å². The molecular weight excluding hydrogens is 329 g/mol. The number of nitrogens with zero attached hydrogens (tertiary/aromatic N) is 2. The van der Waals surface area contributed by atoms with Crippen molar-refractivity contribution in [3.05, 3.63) is 28.0 Å². The molecule has 1 atom stereocenters. The third kappa shape index (κ3) is 2.60. The van der Waals surface area contributed by atoms with Crippen LogP contribution in [0.25, 0.3) is 0 Å². The minimum absolute atomic E-state index is 0.190. The number of aliphatic imine (C=N–C) groups is 1. The van der Waals surface area contributed by atoms with E-state index in [0.717, 1.165) is 18.7 Å². The summed E-state index contributed by atoms with van der Waals surface area (Å²) in [6.07, 6.45) is 0. The number of ether oxygens (including phenoxy) is 2. The maximum absolute atomic E-state index is 13.4. The average Bonchev–Trinajstić information content (AvgIpc) is 2.83. The highest BCUT2D eigenvalue weighted by Gasteiger charge is 2.26. The van der Waals surface area contributed by atoms with E-state index in [9.17, 15) is 4.39 Å². The first kappa shape index (κ1) is 13.6. The van der Waals surface area contributed by atoms with Gasteiger partial charge >= 0.3 is 0 Å². The minimum Gasteiger partial charge on any atom is -0.491 e. The normalized spacial score (nSPS) is 22.6. The van der Waals surface area contributed by atoms with Gasteiger partial charge in [0.15, 0.2) is 5.96 Å². The quantitative estimate of drug-likeness (QED) is 0.622. The molecule has 108 valence electrons. The Morgan fingerprint density at radius 3 is 2.90 bits per heavy atom. The van der Waals surface area contributed by atoms with Crippen molar-refractivity contribution in [1.29, 1.82) is 0 Å². The Hall–Kier alpha value is -1.34.